The molecule has 0 bridgehead atoms. The molecule has 1 aromatic carbocycles. The summed E-state index contributed by atoms with van der Waals surface area (Å²) in [5.74, 6) is -0.215. The third kappa shape index (κ3) is 3.29. The minimum Gasteiger partial charge on any atom is -0.382 e. The van der Waals surface area contributed by atoms with Crippen LogP contribution in [0.2, 0.25) is 0 Å². The van der Waals surface area contributed by atoms with Crippen molar-refractivity contribution in [3.05, 3.63) is 59.2 Å². The molecule has 0 amide bonds. The fourth-order valence-corrected chi connectivity index (χ4v) is 1.90. The molecule has 2 rings (SSSR count). The molecule has 0 unspecified atom stereocenters. The molecule has 96 valence electrons. The maximum Gasteiger partial charge on any atom is 0.123 e. The minimum atomic E-state index is -0.215. The Balaban J connectivity index is 1.99. The monoisotopic (exact) mass is 255 g/mol. The van der Waals surface area contributed by atoms with Crippen LogP contribution in [0.4, 0.5) is 10.1 Å². The van der Waals surface area contributed by atoms with E-state index in [1.807, 2.05) is 6.92 Å². The number of rotatable bonds is 4. The van der Waals surface area contributed by atoms with Crippen LogP contribution in [0.5, 0.6) is 0 Å². The van der Waals surface area contributed by atoms with Gasteiger partial charge in [0.2, 0.25) is 0 Å². The number of aryl methyl sites for hydroxylation is 1. The van der Waals surface area contributed by atoms with Crippen molar-refractivity contribution in [2.45, 2.75) is 13.3 Å². The lowest BCUT2D eigenvalue weighted by Crippen LogP contribution is -2.07. The summed E-state index contributed by atoms with van der Waals surface area (Å²) in [5, 5.41) is 12.1. The Kier molecular flexibility index (Phi) is 4.09. The molecule has 0 saturated heterocycles. The molecule has 0 aliphatic rings. The summed E-state index contributed by atoms with van der Waals surface area (Å²) in [4.78, 5) is 3.98. The van der Waals surface area contributed by atoms with Gasteiger partial charge in [-0.25, -0.2) is 4.39 Å². The number of anilines is 1. The van der Waals surface area contributed by atoms with E-state index in [1.54, 1.807) is 24.5 Å². The molecule has 0 aliphatic carbocycles. The summed E-state index contributed by atoms with van der Waals surface area (Å²) in [7, 11) is 0. The van der Waals surface area contributed by atoms with E-state index in [9.17, 15) is 4.39 Å². The Morgan fingerprint density at radius 1 is 1.37 bits per heavy atom. The summed E-state index contributed by atoms with van der Waals surface area (Å²) in [6, 6.07) is 8.57. The molecule has 2 aromatic rings. The smallest absolute Gasteiger partial charge is 0.123 e. The topological polar surface area (TPSA) is 48.7 Å². The molecule has 0 saturated carbocycles. The summed E-state index contributed by atoms with van der Waals surface area (Å²) in [6.07, 6.45) is 4.00. The van der Waals surface area contributed by atoms with Gasteiger partial charge < -0.3 is 5.32 Å². The molecule has 3 nitrogen and oxygen atoms in total. The van der Waals surface area contributed by atoms with Gasteiger partial charge in [-0.05, 0) is 42.7 Å². The molecule has 0 radical (unpaired) electrons. The van der Waals surface area contributed by atoms with E-state index < -0.39 is 0 Å². The third-order valence-corrected chi connectivity index (χ3v) is 2.96. The molecular weight excluding hydrogens is 241 g/mol. The van der Waals surface area contributed by atoms with E-state index in [0.29, 0.717) is 12.1 Å². The van der Waals surface area contributed by atoms with Crippen molar-refractivity contribution < 1.29 is 4.39 Å². The van der Waals surface area contributed by atoms with Crippen molar-refractivity contribution in [2.24, 2.45) is 0 Å². The van der Waals surface area contributed by atoms with Crippen LogP contribution >= 0.6 is 0 Å². The lowest BCUT2D eigenvalue weighted by atomic mass is 10.1. The second-order valence-electron chi connectivity index (χ2n) is 4.28. The molecule has 0 aliphatic heterocycles. The van der Waals surface area contributed by atoms with Gasteiger partial charge in [-0.1, -0.05) is 6.07 Å². The van der Waals surface area contributed by atoms with Gasteiger partial charge in [-0.3, -0.25) is 4.98 Å². The average molecular weight is 255 g/mol. The lowest BCUT2D eigenvalue weighted by Gasteiger charge is -2.09. The van der Waals surface area contributed by atoms with E-state index in [2.05, 4.69) is 16.4 Å². The van der Waals surface area contributed by atoms with Gasteiger partial charge in [0.25, 0.3) is 0 Å². The molecule has 0 fully saturated rings. The third-order valence-electron chi connectivity index (χ3n) is 2.96. The first-order valence-corrected chi connectivity index (χ1v) is 6.03. The maximum absolute atomic E-state index is 13.0. The Labute approximate surface area is 111 Å². The number of halogens is 1. The maximum atomic E-state index is 13.0. The van der Waals surface area contributed by atoms with Gasteiger partial charge in [0.05, 0.1) is 17.4 Å². The summed E-state index contributed by atoms with van der Waals surface area (Å²) in [5.41, 5.74) is 3.33. The quantitative estimate of drug-likeness (QED) is 0.913. The van der Waals surface area contributed by atoms with Crippen LogP contribution in [-0.4, -0.2) is 11.5 Å². The number of benzene rings is 1. The van der Waals surface area contributed by atoms with Crippen molar-refractivity contribution in [3.8, 4) is 6.07 Å². The zero-order valence-corrected chi connectivity index (χ0v) is 10.7. The van der Waals surface area contributed by atoms with Crippen LogP contribution in [0.1, 0.15) is 16.7 Å². The normalized spacial score (nSPS) is 9.95. The minimum absolute atomic E-state index is 0.215. The predicted octanol–water partition coefficient (Wildman–Crippen LogP) is 3.06. The highest BCUT2D eigenvalue weighted by atomic mass is 19.1. The van der Waals surface area contributed by atoms with Crippen LogP contribution in [0.25, 0.3) is 0 Å². The standard InChI is InChI=1S/C15H14FN3/c1-11-8-14(16)3-2-12(11)5-7-19-15-10-18-6-4-13(15)9-17/h2-4,6,8,10,19H,5,7H2,1H3. The van der Waals surface area contributed by atoms with Gasteiger partial charge in [0.1, 0.15) is 11.9 Å². The van der Waals surface area contributed by atoms with E-state index in [4.69, 9.17) is 5.26 Å². The molecular formula is C15H14FN3. The van der Waals surface area contributed by atoms with Crippen LogP contribution in [0, 0.1) is 24.1 Å². The highest BCUT2D eigenvalue weighted by Crippen LogP contribution is 2.14. The van der Waals surface area contributed by atoms with Gasteiger partial charge in [-0.15, -0.1) is 0 Å². The first kappa shape index (κ1) is 13.0. The molecule has 0 spiro atoms. The lowest BCUT2D eigenvalue weighted by molar-refractivity contribution is 0.625. The first-order valence-electron chi connectivity index (χ1n) is 6.03. The Hall–Kier alpha value is -2.41. The largest absolute Gasteiger partial charge is 0.382 e. The number of nitrogens with one attached hydrogen (secondary N) is 1. The number of nitrogens with zero attached hydrogens (tertiary/aromatic N) is 2. The van der Waals surface area contributed by atoms with Crippen LogP contribution in [-0.2, 0) is 6.42 Å². The van der Waals surface area contributed by atoms with E-state index in [-0.39, 0.29) is 5.82 Å². The van der Waals surface area contributed by atoms with Crippen molar-refractivity contribution in [1.82, 2.24) is 4.98 Å². The Morgan fingerprint density at radius 2 is 2.21 bits per heavy atom. The highest BCUT2D eigenvalue weighted by molar-refractivity contribution is 5.55. The number of hydrogen-bond donors (Lipinski definition) is 1. The van der Waals surface area contributed by atoms with Gasteiger partial charge in [-0.2, -0.15) is 5.26 Å². The molecule has 1 aromatic heterocycles. The van der Waals surface area contributed by atoms with E-state index in [0.717, 1.165) is 23.2 Å². The highest BCUT2D eigenvalue weighted by Gasteiger charge is 2.02. The van der Waals surface area contributed by atoms with Crippen molar-refractivity contribution >= 4 is 5.69 Å². The van der Waals surface area contributed by atoms with Crippen LogP contribution in [0.15, 0.2) is 36.7 Å². The molecule has 1 heterocycles. The SMILES string of the molecule is Cc1cc(F)ccc1CCNc1cnccc1C#N. The fraction of sp³-hybridized carbons (Fsp3) is 0.200. The van der Waals surface area contributed by atoms with Gasteiger partial charge in [0, 0.05) is 12.7 Å². The van der Waals surface area contributed by atoms with Crippen LogP contribution in [0.3, 0.4) is 0 Å². The van der Waals surface area contributed by atoms with Gasteiger partial charge >= 0.3 is 0 Å². The zero-order chi connectivity index (χ0) is 13.7. The number of pyridine rings is 1. The van der Waals surface area contributed by atoms with Gasteiger partial charge in [0.15, 0.2) is 0 Å². The van der Waals surface area contributed by atoms with E-state index >= 15 is 0 Å². The Morgan fingerprint density at radius 3 is 2.95 bits per heavy atom. The molecule has 4 heteroatoms. The summed E-state index contributed by atoms with van der Waals surface area (Å²) >= 11 is 0. The van der Waals surface area contributed by atoms with Crippen molar-refractivity contribution in [1.29, 1.82) is 5.26 Å². The number of nitriles is 1. The fourth-order valence-electron chi connectivity index (χ4n) is 1.90. The number of aromatic nitrogens is 1. The number of hydrogen-bond acceptors (Lipinski definition) is 3. The molecule has 19 heavy (non-hydrogen) atoms. The Bertz CT molecular complexity index is 617. The molecule has 0 atom stereocenters. The average Bonchev–Trinajstić information content (AvgIpc) is 2.42. The van der Waals surface area contributed by atoms with Crippen LogP contribution < -0.4 is 5.32 Å². The van der Waals surface area contributed by atoms with E-state index in [1.165, 1.54) is 12.1 Å². The summed E-state index contributed by atoms with van der Waals surface area (Å²) in [6.45, 7) is 2.57. The predicted molar refractivity (Wildman–Crippen MR) is 72.3 cm³/mol. The first-order chi connectivity index (χ1) is 9.20. The molecule has 1 N–H and O–H groups in total. The second kappa shape index (κ2) is 5.96. The van der Waals surface area contributed by atoms with Crippen molar-refractivity contribution in [3.63, 3.8) is 0 Å². The van der Waals surface area contributed by atoms with Crippen molar-refractivity contribution in [2.75, 3.05) is 11.9 Å². The second-order valence-corrected chi connectivity index (χ2v) is 4.28. The zero-order valence-electron chi connectivity index (χ0n) is 10.7. The summed E-state index contributed by atoms with van der Waals surface area (Å²) < 4.78 is 13.0.